The fourth-order valence-electron chi connectivity index (χ4n) is 3.86. The molecule has 5 nitrogen and oxygen atoms in total. The van der Waals surface area contributed by atoms with E-state index in [-0.39, 0.29) is 5.92 Å². The third kappa shape index (κ3) is 3.07. The molecule has 0 aromatic rings. The Labute approximate surface area is 126 Å². The first-order valence-corrected chi connectivity index (χ1v) is 7.95. The summed E-state index contributed by atoms with van der Waals surface area (Å²) in [5, 5.41) is 0. The van der Waals surface area contributed by atoms with Gasteiger partial charge in [0.1, 0.15) is 0 Å². The Morgan fingerprint density at radius 2 is 1.57 bits per heavy atom. The number of carbonyl (C=O) groups is 2. The lowest BCUT2D eigenvalue weighted by molar-refractivity contribution is -0.185. The van der Waals surface area contributed by atoms with Gasteiger partial charge in [-0.25, -0.2) is 0 Å². The molecule has 0 radical (unpaired) electrons. The van der Waals surface area contributed by atoms with Gasteiger partial charge in [-0.3, -0.25) is 9.59 Å². The van der Waals surface area contributed by atoms with Crippen LogP contribution in [0.25, 0.3) is 0 Å². The normalized spacial score (nSPS) is 26.7. The predicted molar refractivity (Wildman–Crippen MR) is 76.6 cm³/mol. The van der Waals surface area contributed by atoms with Gasteiger partial charge in [0, 0.05) is 6.61 Å². The van der Waals surface area contributed by atoms with Crippen LogP contribution in [0.5, 0.6) is 0 Å². The fourth-order valence-corrected chi connectivity index (χ4v) is 3.86. The Hall–Kier alpha value is -1.10. The van der Waals surface area contributed by atoms with E-state index in [0.29, 0.717) is 13.0 Å². The van der Waals surface area contributed by atoms with E-state index >= 15 is 0 Å². The summed E-state index contributed by atoms with van der Waals surface area (Å²) in [4.78, 5) is 25.0. The maximum Gasteiger partial charge on any atom is 0.325 e. The molecule has 0 N–H and O–H groups in total. The van der Waals surface area contributed by atoms with Crippen molar-refractivity contribution in [2.24, 2.45) is 11.3 Å². The number of rotatable bonds is 3. The number of esters is 2. The van der Waals surface area contributed by atoms with Crippen molar-refractivity contribution in [2.75, 3.05) is 20.8 Å². The standard InChI is InChI=1S/C16H26O5/c1-19-14(17)16(15(18)20-2)10-6-7-11-21-13(16)12-8-4-3-5-9-12/h12-13H,3-11H2,1-2H3. The molecule has 2 rings (SSSR count). The van der Waals surface area contributed by atoms with E-state index in [1.807, 2.05) is 0 Å². The highest BCUT2D eigenvalue weighted by Crippen LogP contribution is 2.43. The van der Waals surface area contributed by atoms with Crippen LogP contribution in [0.1, 0.15) is 51.4 Å². The Balaban J connectivity index is 2.37. The molecule has 0 aromatic heterocycles. The molecule has 5 heteroatoms. The second-order valence-corrected chi connectivity index (χ2v) is 6.10. The second-order valence-electron chi connectivity index (χ2n) is 6.10. The predicted octanol–water partition coefficient (Wildman–Crippen LogP) is 2.47. The van der Waals surface area contributed by atoms with Crippen molar-refractivity contribution in [3.63, 3.8) is 0 Å². The lowest BCUT2D eigenvalue weighted by atomic mass is 9.69. The van der Waals surface area contributed by atoms with E-state index in [1.165, 1.54) is 20.6 Å². The largest absolute Gasteiger partial charge is 0.468 e. The van der Waals surface area contributed by atoms with Gasteiger partial charge in [0.15, 0.2) is 5.41 Å². The van der Waals surface area contributed by atoms with Crippen molar-refractivity contribution in [3.8, 4) is 0 Å². The first-order chi connectivity index (χ1) is 10.2. The van der Waals surface area contributed by atoms with Crippen molar-refractivity contribution >= 4 is 11.9 Å². The van der Waals surface area contributed by atoms with Crippen LogP contribution >= 0.6 is 0 Å². The average Bonchev–Trinajstić information content (AvgIpc) is 2.77. The van der Waals surface area contributed by atoms with Crippen LogP contribution < -0.4 is 0 Å². The van der Waals surface area contributed by atoms with E-state index < -0.39 is 23.5 Å². The topological polar surface area (TPSA) is 61.8 Å². The molecule has 0 amide bonds. The minimum Gasteiger partial charge on any atom is -0.468 e. The summed E-state index contributed by atoms with van der Waals surface area (Å²) < 4.78 is 15.9. The SMILES string of the molecule is COC(=O)C1(C(=O)OC)CCCCOC1C1CCCCC1. The van der Waals surface area contributed by atoms with Gasteiger partial charge in [0.05, 0.1) is 20.3 Å². The van der Waals surface area contributed by atoms with Gasteiger partial charge in [0.2, 0.25) is 0 Å². The van der Waals surface area contributed by atoms with Crippen LogP contribution in [-0.2, 0) is 23.8 Å². The van der Waals surface area contributed by atoms with Crippen molar-refractivity contribution in [2.45, 2.75) is 57.5 Å². The summed E-state index contributed by atoms with van der Waals surface area (Å²) in [5.41, 5.74) is -1.29. The highest BCUT2D eigenvalue weighted by molar-refractivity contribution is 6.01. The first kappa shape index (κ1) is 16.3. The third-order valence-corrected chi connectivity index (χ3v) is 4.93. The molecule has 1 atom stereocenters. The Bertz CT molecular complexity index is 357. The van der Waals surface area contributed by atoms with Crippen LogP contribution in [0, 0.1) is 11.3 Å². The number of carbonyl (C=O) groups excluding carboxylic acids is 2. The van der Waals surface area contributed by atoms with Crippen LogP contribution in [-0.4, -0.2) is 38.9 Å². The van der Waals surface area contributed by atoms with Crippen LogP contribution in [0.15, 0.2) is 0 Å². The zero-order valence-electron chi connectivity index (χ0n) is 13.1. The molecule has 1 heterocycles. The van der Waals surface area contributed by atoms with Crippen molar-refractivity contribution in [3.05, 3.63) is 0 Å². The van der Waals surface area contributed by atoms with E-state index in [1.54, 1.807) is 0 Å². The van der Waals surface area contributed by atoms with Crippen LogP contribution in [0.3, 0.4) is 0 Å². The Morgan fingerprint density at radius 1 is 0.952 bits per heavy atom. The first-order valence-electron chi connectivity index (χ1n) is 7.95. The van der Waals surface area contributed by atoms with Gasteiger partial charge < -0.3 is 14.2 Å². The molecule has 1 saturated heterocycles. The van der Waals surface area contributed by atoms with E-state index in [4.69, 9.17) is 14.2 Å². The smallest absolute Gasteiger partial charge is 0.325 e. The summed E-state index contributed by atoms with van der Waals surface area (Å²) in [7, 11) is 2.66. The van der Waals surface area contributed by atoms with E-state index in [2.05, 4.69) is 0 Å². The molecule has 2 aliphatic rings. The molecule has 0 aromatic carbocycles. The van der Waals surface area contributed by atoms with Gasteiger partial charge in [0.25, 0.3) is 0 Å². The molecule has 0 spiro atoms. The van der Waals surface area contributed by atoms with Crippen molar-refractivity contribution < 1.29 is 23.8 Å². The minimum absolute atomic E-state index is 0.232. The summed E-state index contributed by atoms with van der Waals surface area (Å²) >= 11 is 0. The summed E-state index contributed by atoms with van der Waals surface area (Å²) in [5.74, 6) is -0.784. The molecular formula is C16H26O5. The summed E-state index contributed by atoms with van der Waals surface area (Å²) in [6.07, 6.45) is 7.14. The van der Waals surface area contributed by atoms with E-state index in [0.717, 1.165) is 38.5 Å². The van der Waals surface area contributed by atoms with Crippen LogP contribution in [0.2, 0.25) is 0 Å². The van der Waals surface area contributed by atoms with E-state index in [9.17, 15) is 9.59 Å². The summed E-state index contributed by atoms with van der Waals surface area (Å²) in [6.45, 7) is 0.594. The monoisotopic (exact) mass is 298 g/mol. The zero-order valence-corrected chi connectivity index (χ0v) is 13.1. The van der Waals surface area contributed by atoms with Gasteiger partial charge in [-0.15, -0.1) is 0 Å². The zero-order chi connectivity index (χ0) is 15.3. The highest BCUT2D eigenvalue weighted by Gasteiger charge is 2.57. The molecule has 120 valence electrons. The van der Waals surface area contributed by atoms with Crippen molar-refractivity contribution in [1.29, 1.82) is 0 Å². The molecular weight excluding hydrogens is 272 g/mol. The molecule has 1 aliphatic carbocycles. The molecule has 1 aliphatic heterocycles. The molecule has 1 unspecified atom stereocenters. The molecule has 21 heavy (non-hydrogen) atoms. The average molecular weight is 298 g/mol. The second kappa shape index (κ2) is 7.25. The quantitative estimate of drug-likeness (QED) is 0.591. The van der Waals surface area contributed by atoms with Crippen LogP contribution in [0.4, 0.5) is 0 Å². The maximum absolute atomic E-state index is 12.5. The Kier molecular flexibility index (Phi) is 5.62. The minimum atomic E-state index is -1.29. The lowest BCUT2D eigenvalue weighted by Gasteiger charge is -2.39. The maximum atomic E-state index is 12.5. The number of ether oxygens (including phenoxy) is 3. The van der Waals surface area contributed by atoms with Crippen molar-refractivity contribution in [1.82, 2.24) is 0 Å². The van der Waals surface area contributed by atoms with Gasteiger partial charge >= 0.3 is 11.9 Å². The third-order valence-electron chi connectivity index (χ3n) is 4.93. The number of hydrogen-bond acceptors (Lipinski definition) is 5. The summed E-state index contributed by atoms with van der Waals surface area (Å²) in [6, 6.07) is 0. The molecule has 1 saturated carbocycles. The number of hydrogen-bond donors (Lipinski definition) is 0. The molecule has 0 bridgehead atoms. The van der Waals surface area contributed by atoms with Gasteiger partial charge in [-0.05, 0) is 38.0 Å². The highest BCUT2D eigenvalue weighted by atomic mass is 16.6. The van der Waals surface area contributed by atoms with Gasteiger partial charge in [-0.1, -0.05) is 19.3 Å². The lowest BCUT2D eigenvalue weighted by Crippen LogP contribution is -2.53. The van der Waals surface area contributed by atoms with Gasteiger partial charge in [-0.2, -0.15) is 0 Å². The molecule has 2 fully saturated rings. The Morgan fingerprint density at radius 3 is 2.14 bits per heavy atom. The fraction of sp³-hybridized carbons (Fsp3) is 0.875. The number of methoxy groups -OCH3 is 2.